The van der Waals surface area contributed by atoms with E-state index >= 15 is 0 Å². The fraction of sp³-hybridized carbons (Fsp3) is 0.294. The van der Waals surface area contributed by atoms with Gasteiger partial charge in [0.05, 0.1) is 6.61 Å². The number of aryl methyl sites for hydroxylation is 1. The Morgan fingerprint density at radius 2 is 1.89 bits per heavy atom. The highest BCUT2D eigenvalue weighted by Gasteiger charge is 2.19. The van der Waals surface area contributed by atoms with E-state index in [9.17, 15) is 0 Å². The fourth-order valence-electron chi connectivity index (χ4n) is 2.65. The van der Waals surface area contributed by atoms with Crippen molar-refractivity contribution in [1.82, 2.24) is 0 Å². The molecule has 3 rings (SSSR count). The largest absolute Gasteiger partial charge is 0.493 e. The van der Waals surface area contributed by atoms with Crippen molar-refractivity contribution in [3.05, 3.63) is 65.2 Å². The van der Waals surface area contributed by atoms with Gasteiger partial charge in [0.25, 0.3) is 0 Å². The van der Waals surface area contributed by atoms with Crippen LogP contribution in [0.3, 0.4) is 0 Å². The van der Waals surface area contributed by atoms with Gasteiger partial charge in [-0.2, -0.15) is 0 Å². The molecule has 19 heavy (non-hydrogen) atoms. The van der Waals surface area contributed by atoms with Crippen LogP contribution in [0.4, 0.5) is 0 Å². The van der Waals surface area contributed by atoms with Crippen molar-refractivity contribution >= 4 is 0 Å². The van der Waals surface area contributed by atoms with Crippen LogP contribution >= 0.6 is 0 Å². The van der Waals surface area contributed by atoms with Crippen LogP contribution < -0.4 is 10.5 Å². The minimum atomic E-state index is 0.0493. The van der Waals surface area contributed by atoms with Gasteiger partial charge in [0, 0.05) is 18.0 Å². The first-order chi connectivity index (χ1) is 9.34. The predicted molar refractivity (Wildman–Crippen MR) is 77.3 cm³/mol. The van der Waals surface area contributed by atoms with Crippen molar-refractivity contribution in [2.75, 3.05) is 6.61 Å². The molecule has 0 fully saturated rings. The lowest BCUT2D eigenvalue weighted by atomic mass is 9.97. The summed E-state index contributed by atoms with van der Waals surface area (Å²) >= 11 is 0. The minimum Gasteiger partial charge on any atom is -0.493 e. The summed E-state index contributed by atoms with van der Waals surface area (Å²) in [5, 5.41) is 0. The van der Waals surface area contributed by atoms with E-state index in [1.165, 1.54) is 11.1 Å². The van der Waals surface area contributed by atoms with Crippen molar-refractivity contribution in [3.8, 4) is 5.75 Å². The maximum atomic E-state index is 6.34. The predicted octanol–water partition coefficient (Wildman–Crippen LogP) is 3.25. The quantitative estimate of drug-likeness (QED) is 0.907. The average molecular weight is 253 g/mol. The molecule has 2 nitrogen and oxygen atoms in total. The van der Waals surface area contributed by atoms with Gasteiger partial charge in [-0.05, 0) is 24.0 Å². The van der Waals surface area contributed by atoms with Crippen LogP contribution in [0.5, 0.6) is 5.75 Å². The minimum absolute atomic E-state index is 0.0493. The molecule has 2 aromatic rings. The van der Waals surface area contributed by atoms with Crippen LogP contribution in [-0.2, 0) is 12.8 Å². The van der Waals surface area contributed by atoms with Gasteiger partial charge in [-0.3, -0.25) is 0 Å². The van der Waals surface area contributed by atoms with Gasteiger partial charge in [-0.25, -0.2) is 0 Å². The second-order valence-corrected chi connectivity index (χ2v) is 5.06. The molecule has 1 atom stereocenters. The van der Waals surface area contributed by atoms with Crippen LogP contribution in [0.25, 0.3) is 0 Å². The third kappa shape index (κ3) is 2.64. The third-order valence-corrected chi connectivity index (χ3v) is 3.73. The molecule has 0 saturated heterocycles. The van der Waals surface area contributed by atoms with Gasteiger partial charge in [0.1, 0.15) is 5.75 Å². The normalized spacial score (nSPS) is 14.8. The Kier molecular flexibility index (Phi) is 3.51. The van der Waals surface area contributed by atoms with Gasteiger partial charge in [0.15, 0.2) is 0 Å². The lowest BCUT2D eigenvalue weighted by molar-refractivity contribution is 0.350. The zero-order chi connectivity index (χ0) is 13.1. The standard InChI is InChI=1S/C17H19NO/c18-16(10-9-13-5-2-1-3-6-13)15-8-4-7-14-11-12-19-17(14)15/h1-8,16H,9-12,18H2. The highest BCUT2D eigenvalue weighted by Crippen LogP contribution is 2.33. The topological polar surface area (TPSA) is 35.2 Å². The molecule has 0 aliphatic carbocycles. The van der Waals surface area contributed by atoms with Crippen LogP contribution in [0.2, 0.25) is 0 Å². The Labute approximate surface area is 114 Å². The number of ether oxygens (including phenoxy) is 1. The molecule has 98 valence electrons. The number of hydrogen-bond acceptors (Lipinski definition) is 2. The summed E-state index contributed by atoms with van der Waals surface area (Å²) in [7, 11) is 0. The number of benzene rings is 2. The Bertz CT molecular complexity index is 550. The molecule has 0 spiro atoms. The van der Waals surface area contributed by atoms with Crippen molar-refractivity contribution in [2.45, 2.75) is 25.3 Å². The second-order valence-electron chi connectivity index (χ2n) is 5.06. The monoisotopic (exact) mass is 253 g/mol. The van der Waals surface area contributed by atoms with E-state index in [-0.39, 0.29) is 6.04 Å². The lowest BCUT2D eigenvalue weighted by Crippen LogP contribution is -2.12. The molecule has 0 bridgehead atoms. The Morgan fingerprint density at radius 3 is 2.74 bits per heavy atom. The Hall–Kier alpha value is -1.80. The third-order valence-electron chi connectivity index (χ3n) is 3.73. The number of hydrogen-bond donors (Lipinski definition) is 1. The second kappa shape index (κ2) is 5.45. The molecule has 0 radical (unpaired) electrons. The van der Waals surface area contributed by atoms with E-state index in [1.807, 2.05) is 6.07 Å². The van der Waals surface area contributed by atoms with Crippen molar-refractivity contribution in [3.63, 3.8) is 0 Å². The molecule has 2 N–H and O–H groups in total. The first-order valence-corrected chi connectivity index (χ1v) is 6.88. The van der Waals surface area contributed by atoms with E-state index in [0.29, 0.717) is 0 Å². The Balaban J connectivity index is 1.71. The van der Waals surface area contributed by atoms with Crippen LogP contribution in [-0.4, -0.2) is 6.61 Å². The first-order valence-electron chi connectivity index (χ1n) is 6.88. The van der Waals surface area contributed by atoms with Gasteiger partial charge in [-0.1, -0.05) is 48.5 Å². The van der Waals surface area contributed by atoms with Crippen LogP contribution in [0, 0.1) is 0 Å². The number of fused-ring (bicyclic) bond motifs is 1. The summed E-state index contributed by atoms with van der Waals surface area (Å²) < 4.78 is 5.72. The maximum absolute atomic E-state index is 6.34. The summed E-state index contributed by atoms with van der Waals surface area (Å²) in [5.41, 5.74) is 10.1. The molecule has 0 aromatic heterocycles. The summed E-state index contributed by atoms with van der Waals surface area (Å²) in [6.07, 6.45) is 2.96. The van der Waals surface area contributed by atoms with E-state index in [1.54, 1.807) is 0 Å². The maximum Gasteiger partial charge on any atom is 0.127 e. The fourth-order valence-corrected chi connectivity index (χ4v) is 2.65. The van der Waals surface area contributed by atoms with Crippen molar-refractivity contribution < 1.29 is 4.74 Å². The molecule has 1 aliphatic heterocycles. The summed E-state index contributed by atoms with van der Waals surface area (Å²) in [5.74, 6) is 1.03. The van der Waals surface area contributed by atoms with Gasteiger partial charge in [0.2, 0.25) is 0 Å². The highest BCUT2D eigenvalue weighted by molar-refractivity contribution is 5.45. The lowest BCUT2D eigenvalue weighted by Gasteiger charge is -2.15. The van der Waals surface area contributed by atoms with E-state index in [2.05, 4.69) is 42.5 Å². The van der Waals surface area contributed by atoms with Crippen LogP contribution in [0.15, 0.2) is 48.5 Å². The number of nitrogens with two attached hydrogens (primary N) is 1. The van der Waals surface area contributed by atoms with Crippen LogP contribution in [0.1, 0.15) is 29.2 Å². The zero-order valence-corrected chi connectivity index (χ0v) is 11.0. The molecule has 1 heterocycles. The van der Waals surface area contributed by atoms with Gasteiger partial charge < -0.3 is 10.5 Å². The van der Waals surface area contributed by atoms with Crippen molar-refractivity contribution in [2.24, 2.45) is 5.73 Å². The summed E-state index contributed by atoms with van der Waals surface area (Å²) in [6.45, 7) is 0.789. The molecular weight excluding hydrogens is 234 g/mol. The first kappa shape index (κ1) is 12.2. The SMILES string of the molecule is NC(CCc1ccccc1)c1cccc2c1OCC2. The highest BCUT2D eigenvalue weighted by atomic mass is 16.5. The molecule has 0 amide bonds. The van der Waals surface area contributed by atoms with Gasteiger partial charge >= 0.3 is 0 Å². The van der Waals surface area contributed by atoms with E-state index in [4.69, 9.17) is 10.5 Å². The summed E-state index contributed by atoms with van der Waals surface area (Å²) in [6, 6.07) is 16.9. The molecule has 1 unspecified atom stereocenters. The molecular formula is C17H19NO. The smallest absolute Gasteiger partial charge is 0.127 e. The average Bonchev–Trinajstić information content (AvgIpc) is 2.94. The summed E-state index contributed by atoms with van der Waals surface area (Å²) in [4.78, 5) is 0. The Morgan fingerprint density at radius 1 is 1.05 bits per heavy atom. The van der Waals surface area contributed by atoms with Crippen molar-refractivity contribution in [1.29, 1.82) is 0 Å². The number of rotatable bonds is 4. The number of para-hydroxylation sites is 1. The van der Waals surface area contributed by atoms with E-state index < -0.39 is 0 Å². The van der Waals surface area contributed by atoms with Gasteiger partial charge in [-0.15, -0.1) is 0 Å². The molecule has 1 aliphatic rings. The molecule has 0 saturated carbocycles. The molecule has 2 heteroatoms. The molecule has 2 aromatic carbocycles. The zero-order valence-electron chi connectivity index (χ0n) is 11.0. The van der Waals surface area contributed by atoms with E-state index in [0.717, 1.165) is 37.2 Å².